The van der Waals surface area contributed by atoms with E-state index < -0.39 is 0 Å². The number of unbranched alkanes of at least 4 members (excludes halogenated alkanes) is 3. The third-order valence-electron chi connectivity index (χ3n) is 3.50. The molecule has 0 aliphatic carbocycles. The minimum absolute atomic E-state index is 0. The molecule has 118 valence electrons. The maximum absolute atomic E-state index is 11.8. The number of piperidine rings is 1. The number of carbonyl (C=O) groups excluding carboxylic acids is 2. The second-order valence-electron chi connectivity index (χ2n) is 5.07. The van der Waals surface area contributed by atoms with Crippen molar-refractivity contribution in [1.29, 1.82) is 0 Å². The van der Waals surface area contributed by atoms with Gasteiger partial charge >= 0.3 is 5.97 Å². The molecule has 2 N–H and O–H groups in total. The van der Waals surface area contributed by atoms with Crippen molar-refractivity contribution in [3.63, 3.8) is 0 Å². The minimum Gasteiger partial charge on any atom is -0.469 e. The molecule has 1 fully saturated rings. The molecule has 0 bridgehead atoms. The Morgan fingerprint density at radius 1 is 1.25 bits per heavy atom. The summed E-state index contributed by atoms with van der Waals surface area (Å²) < 4.78 is 4.57. The van der Waals surface area contributed by atoms with Gasteiger partial charge in [-0.15, -0.1) is 12.4 Å². The van der Waals surface area contributed by atoms with Crippen molar-refractivity contribution < 1.29 is 14.3 Å². The van der Waals surface area contributed by atoms with Gasteiger partial charge < -0.3 is 15.4 Å². The quantitative estimate of drug-likeness (QED) is 0.528. The molecule has 0 aromatic heterocycles. The van der Waals surface area contributed by atoms with E-state index in [0.29, 0.717) is 6.42 Å². The number of hydrogen-bond donors (Lipinski definition) is 2. The second kappa shape index (κ2) is 12.0. The van der Waals surface area contributed by atoms with Crippen molar-refractivity contribution >= 4 is 24.3 Å². The van der Waals surface area contributed by atoms with E-state index in [0.717, 1.165) is 58.2 Å². The third kappa shape index (κ3) is 8.38. The topological polar surface area (TPSA) is 67.4 Å². The zero-order valence-electron chi connectivity index (χ0n) is 12.3. The molecule has 0 saturated carbocycles. The van der Waals surface area contributed by atoms with E-state index in [4.69, 9.17) is 0 Å². The van der Waals surface area contributed by atoms with Crippen molar-refractivity contribution in [1.82, 2.24) is 10.6 Å². The van der Waals surface area contributed by atoms with Crippen LogP contribution in [0.4, 0.5) is 0 Å². The molecule has 1 atom stereocenters. The van der Waals surface area contributed by atoms with Gasteiger partial charge in [0.05, 0.1) is 13.0 Å². The molecule has 1 heterocycles. The molecule has 1 amide bonds. The van der Waals surface area contributed by atoms with Crippen LogP contribution < -0.4 is 10.6 Å². The average Bonchev–Trinajstić information content (AvgIpc) is 2.46. The maximum atomic E-state index is 11.8. The zero-order chi connectivity index (χ0) is 13.9. The van der Waals surface area contributed by atoms with E-state index in [1.165, 1.54) is 7.11 Å². The summed E-state index contributed by atoms with van der Waals surface area (Å²) in [4.78, 5) is 22.7. The molecule has 6 heteroatoms. The van der Waals surface area contributed by atoms with Gasteiger partial charge in [-0.25, -0.2) is 0 Å². The van der Waals surface area contributed by atoms with Crippen molar-refractivity contribution in [3.05, 3.63) is 0 Å². The summed E-state index contributed by atoms with van der Waals surface area (Å²) in [6, 6.07) is 0. The van der Waals surface area contributed by atoms with Crippen LogP contribution in [0, 0.1) is 5.92 Å². The molecule has 0 aromatic carbocycles. The molecule has 20 heavy (non-hydrogen) atoms. The lowest BCUT2D eigenvalue weighted by Crippen LogP contribution is -2.40. The van der Waals surface area contributed by atoms with Crippen molar-refractivity contribution in [3.8, 4) is 0 Å². The molecule has 1 saturated heterocycles. The SMILES string of the molecule is COC(=O)CCCCCCNC(=O)C1CCCNC1.Cl. The first-order valence-corrected chi connectivity index (χ1v) is 7.29. The van der Waals surface area contributed by atoms with Crippen LogP contribution in [0.15, 0.2) is 0 Å². The number of methoxy groups -OCH3 is 1. The zero-order valence-corrected chi connectivity index (χ0v) is 13.1. The molecule has 5 nitrogen and oxygen atoms in total. The fourth-order valence-corrected chi connectivity index (χ4v) is 2.28. The first-order valence-electron chi connectivity index (χ1n) is 7.29. The highest BCUT2D eigenvalue weighted by molar-refractivity contribution is 5.85. The molecule has 0 aromatic rings. The molecular weight excluding hydrogens is 280 g/mol. The molecule has 0 spiro atoms. The Kier molecular flexibility index (Phi) is 11.5. The van der Waals surface area contributed by atoms with Crippen LogP contribution in [-0.4, -0.2) is 38.6 Å². The Morgan fingerprint density at radius 3 is 2.65 bits per heavy atom. The van der Waals surface area contributed by atoms with Crippen LogP contribution in [0.1, 0.15) is 44.9 Å². The van der Waals surface area contributed by atoms with Gasteiger partial charge in [-0.05, 0) is 32.2 Å². The predicted octanol–water partition coefficient (Wildman–Crippen LogP) is 1.65. The van der Waals surface area contributed by atoms with Crippen LogP contribution in [-0.2, 0) is 14.3 Å². The normalized spacial score (nSPS) is 17.9. The van der Waals surface area contributed by atoms with Gasteiger partial charge in [0.15, 0.2) is 0 Å². The van der Waals surface area contributed by atoms with E-state index in [-0.39, 0.29) is 30.2 Å². The Morgan fingerprint density at radius 2 is 2.00 bits per heavy atom. The maximum Gasteiger partial charge on any atom is 0.305 e. The fraction of sp³-hybridized carbons (Fsp3) is 0.857. The number of esters is 1. The molecular formula is C14H27ClN2O3. The fourth-order valence-electron chi connectivity index (χ4n) is 2.28. The number of amides is 1. The molecule has 1 rings (SSSR count). The van der Waals surface area contributed by atoms with Gasteiger partial charge in [-0.1, -0.05) is 12.8 Å². The van der Waals surface area contributed by atoms with Gasteiger partial charge in [0, 0.05) is 19.5 Å². The number of hydrogen-bond acceptors (Lipinski definition) is 4. The first-order chi connectivity index (χ1) is 9.24. The minimum atomic E-state index is -0.141. The monoisotopic (exact) mass is 306 g/mol. The van der Waals surface area contributed by atoms with Crippen LogP contribution in [0.3, 0.4) is 0 Å². The lowest BCUT2D eigenvalue weighted by molar-refractivity contribution is -0.140. The van der Waals surface area contributed by atoms with Crippen molar-refractivity contribution in [2.75, 3.05) is 26.7 Å². The first kappa shape index (κ1) is 19.2. The van der Waals surface area contributed by atoms with Gasteiger partial charge in [0.25, 0.3) is 0 Å². The lowest BCUT2D eigenvalue weighted by atomic mass is 9.99. The number of rotatable bonds is 8. The standard InChI is InChI=1S/C14H26N2O3.ClH/c1-19-13(17)8-4-2-3-5-10-16-14(18)12-7-6-9-15-11-12;/h12,15H,2-11H2,1H3,(H,16,18);1H. The van der Waals surface area contributed by atoms with E-state index in [1.54, 1.807) is 0 Å². The summed E-state index contributed by atoms with van der Waals surface area (Å²) >= 11 is 0. The van der Waals surface area contributed by atoms with Gasteiger partial charge in [-0.3, -0.25) is 9.59 Å². The second-order valence-corrected chi connectivity index (χ2v) is 5.07. The van der Waals surface area contributed by atoms with E-state index in [9.17, 15) is 9.59 Å². The summed E-state index contributed by atoms with van der Waals surface area (Å²) in [7, 11) is 1.41. The van der Waals surface area contributed by atoms with Crippen LogP contribution in [0.2, 0.25) is 0 Å². The van der Waals surface area contributed by atoms with E-state index in [1.807, 2.05) is 0 Å². The largest absolute Gasteiger partial charge is 0.469 e. The number of carbonyl (C=O) groups is 2. The van der Waals surface area contributed by atoms with Crippen LogP contribution in [0.25, 0.3) is 0 Å². The third-order valence-corrected chi connectivity index (χ3v) is 3.50. The Labute approximate surface area is 127 Å². The van der Waals surface area contributed by atoms with E-state index >= 15 is 0 Å². The number of nitrogens with one attached hydrogen (secondary N) is 2. The Bertz CT molecular complexity index is 282. The molecule has 1 unspecified atom stereocenters. The highest BCUT2D eigenvalue weighted by Crippen LogP contribution is 2.09. The number of ether oxygens (including phenoxy) is 1. The summed E-state index contributed by atoms with van der Waals surface area (Å²) in [5.41, 5.74) is 0. The predicted molar refractivity (Wildman–Crippen MR) is 81.0 cm³/mol. The molecule has 1 aliphatic rings. The highest BCUT2D eigenvalue weighted by Gasteiger charge is 2.19. The van der Waals surface area contributed by atoms with Crippen molar-refractivity contribution in [2.45, 2.75) is 44.9 Å². The molecule has 0 radical (unpaired) electrons. The summed E-state index contributed by atoms with van der Waals surface area (Å²) in [5.74, 6) is 0.188. The lowest BCUT2D eigenvalue weighted by Gasteiger charge is -2.21. The Hall–Kier alpha value is -0.810. The molecule has 1 aliphatic heterocycles. The summed E-state index contributed by atoms with van der Waals surface area (Å²) in [6.45, 7) is 2.59. The smallest absolute Gasteiger partial charge is 0.305 e. The van der Waals surface area contributed by atoms with Gasteiger partial charge in [0.1, 0.15) is 0 Å². The average molecular weight is 307 g/mol. The van der Waals surface area contributed by atoms with Crippen LogP contribution in [0.5, 0.6) is 0 Å². The Balaban J connectivity index is 0.00000361. The highest BCUT2D eigenvalue weighted by atomic mass is 35.5. The van der Waals surface area contributed by atoms with E-state index in [2.05, 4.69) is 15.4 Å². The summed E-state index contributed by atoms with van der Waals surface area (Å²) in [5, 5.41) is 6.24. The van der Waals surface area contributed by atoms with Crippen LogP contribution >= 0.6 is 12.4 Å². The number of halogens is 1. The van der Waals surface area contributed by atoms with Gasteiger partial charge in [0.2, 0.25) is 5.91 Å². The summed E-state index contributed by atoms with van der Waals surface area (Å²) in [6.07, 6.45) is 6.48. The van der Waals surface area contributed by atoms with Gasteiger partial charge in [-0.2, -0.15) is 0 Å². The van der Waals surface area contributed by atoms with Crippen molar-refractivity contribution in [2.24, 2.45) is 5.92 Å².